The number of anilines is 1. The van der Waals surface area contributed by atoms with E-state index in [4.69, 9.17) is 0 Å². The summed E-state index contributed by atoms with van der Waals surface area (Å²) < 4.78 is 13.9. The largest absolute Gasteiger partial charge is 0.353 e. The topological polar surface area (TPSA) is 32.3 Å². The highest BCUT2D eigenvalue weighted by Crippen LogP contribution is 2.21. The number of rotatable bonds is 3. The molecule has 0 bridgehead atoms. The van der Waals surface area contributed by atoms with Crippen LogP contribution in [0.3, 0.4) is 0 Å². The summed E-state index contributed by atoms with van der Waals surface area (Å²) in [6.07, 6.45) is 5.20. The lowest BCUT2D eigenvalue weighted by atomic mass is 10.2. The molecule has 2 heterocycles. The molecular formula is C15H16BrFN4. The predicted octanol–water partition coefficient (Wildman–Crippen LogP) is 2.70. The van der Waals surface area contributed by atoms with E-state index in [0.29, 0.717) is 0 Å². The third kappa shape index (κ3) is 3.57. The minimum Gasteiger partial charge on any atom is -0.353 e. The Morgan fingerprint density at radius 1 is 1.14 bits per heavy atom. The van der Waals surface area contributed by atoms with Gasteiger partial charge in [-0.15, -0.1) is 0 Å². The van der Waals surface area contributed by atoms with E-state index in [2.05, 4.69) is 35.7 Å². The van der Waals surface area contributed by atoms with Crippen LogP contribution in [0.2, 0.25) is 0 Å². The second kappa shape index (κ2) is 6.49. The minimum absolute atomic E-state index is 0.210. The average Bonchev–Trinajstić information content (AvgIpc) is 2.52. The summed E-state index contributed by atoms with van der Waals surface area (Å²) in [5.74, 6) is 0.721. The van der Waals surface area contributed by atoms with Crippen LogP contribution in [-0.4, -0.2) is 41.0 Å². The molecule has 21 heavy (non-hydrogen) atoms. The molecule has 1 fully saturated rings. The molecule has 1 aromatic carbocycles. The quantitative estimate of drug-likeness (QED) is 0.851. The van der Waals surface area contributed by atoms with Crippen LogP contribution in [0.25, 0.3) is 0 Å². The first-order chi connectivity index (χ1) is 10.2. The summed E-state index contributed by atoms with van der Waals surface area (Å²) in [5.41, 5.74) is 1.12. The molecule has 0 amide bonds. The molecule has 0 unspecified atom stereocenters. The molecule has 6 heteroatoms. The first-order valence-corrected chi connectivity index (χ1v) is 7.69. The van der Waals surface area contributed by atoms with Crippen molar-refractivity contribution in [1.29, 1.82) is 0 Å². The van der Waals surface area contributed by atoms with E-state index in [1.165, 1.54) is 12.1 Å². The minimum atomic E-state index is -0.210. The van der Waals surface area contributed by atoms with Crippen LogP contribution in [0.4, 0.5) is 10.2 Å². The van der Waals surface area contributed by atoms with Crippen molar-refractivity contribution in [3.8, 4) is 0 Å². The van der Waals surface area contributed by atoms with Gasteiger partial charge in [-0.25, -0.2) is 9.37 Å². The van der Waals surface area contributed by atoms with Crippen LogP contribution >= 0.6 is 15.9 Å². The number of halogens is 2. The molecule has 110 valence electrons. The third-order valence-corrected chi connectivity index (χ3v) is 4.39. The molecule has 0 aliphatic carbocycles. The number of hydrogen-bond donors (Lipinski definition) is 0. The van der Waals surface area contributed by atoms with E-state index < -0.39 is 0 Å². The van der Waals surface area contributed by atoms with Gasteiger partial charge in [0.1, 0.15) is 11.6 Å². The van der Waals surface area contributed by atoms with Gasteiger partial charge in [-0.05, 0) is 17.7 Å². The average molecular weight is 351 g/mol. The maximum Gasteiger partial charge on any atom is 0.147 e. The van der Waals surface area contributed by atoms with Crippen LogP contribution in [0.15, 0.2) is 41.3 Å². The Morgan fingerprint density at radius 2 is 1.95 bits per heavy atom. The van der Waals surface area contributed by atoms with Crippen LogP contribution in [0.5, 0.6) is 0 Å². The lowest BCUT2D eigenvalue weighted by Gasteiger charge is -2.35. The molecule has 0 N–H and O–H groups in total. The van der Waals surface area contributed by atoms with E-state index in [-0.39, 0.29) is 5.82 Å². The number of aromatic nitrogens is 2. The Bertz CT molecular complexity index is 600. The van der Waals surface area contributed by atoms with Crippen molar-refractivity contribution in [2.75, 3.05) is 31.1 Å². The molecule has 3 rings (SSSR count). The number of benzene rings is 1. The summed E-state index contributed by atoms with van der Waals surface area (Å²) in [5, 5.41) is 0. The fraction of sp³-hybridized carbons (Fsp3) is 0.333. The molecular weight excluding hydrogens is 335 g/mol. The Labute approximate surface area is 131 Å². The molecule has 0 saturated carbocycles. The first-order valence-electron chi connectivity index (χ1n) is 6.89. The highest BCUT2D eigenvalue weighted by molar-refractivity contribution is 9.10. The van der Waals surface area contributed by atoms with Gasteiger partial charge in [0.15, 0.2) is 0 Å². The number of hydrogen-bond acceptors (Lipinski definition) is 4. The molecule has 1 aliphatic rings. The molecule has 2 aromatic rings. The monoisotopic (exact) mass is 350 g/mol. The Kier molecular flexibility index (Phi) is 4.45. The van der Waals surface area contributed by atoms with Gasteiger partial charge in [0, 0.05) is 49.6 Å². The Hall–Kier alpha value is -1.53. The fourth-order valence-corrected chi connectivity index (χ4v) is 2.96. The van der Waals surface area contributed by atoms with Crippen molar-refractivity contribution < 1.29 is 4.39 Å². The predicted molar refractivity (Wildman–Crippen MR) is 83.6 cm³/mol. The Morgan fingerprint density at radius 3 is 2.62 bits per heavy atom. The van der Waals surface area contributed by atoms with Crippen LogP contribution in [0.1, 0.15) is 5.56 Å². The van der Waals surface area contributed by atoms with Gasteiger partial charge in [0.05, 0.1) is 6.20 Å². The zero-order valence-corrected chi connectivity index (χ0v) is 13.1. The molecule has 0 radical (unpaired) electrons. The highest BCUT2D eigenvalue weighted by atomic mass is 79.9. The van der Waals surface area contributed by atoms with Crippen LogP contribution in [-0.2, 0) is 6.54 Å². The Balaban J connectivity index is 1.59. The van der Waals surface area contributed by atoms with Gasteiger partial charge in [-0.3, -0.25) is 9.88 Å². The summed E-state index contributed by atoms with van der Waals surface area (Å²) in [4.78, 5) is 13.0. The first kappa shape index (κ1) is 14.4. The molecule has 0 spiro atoms. The van der Waals surface area contributed by atoms with Gasteiger partial charge >= 0.3 is 0 Å². The van der Waals surface area contributed by atoms with Crippen molar-refractivity contribution in [3.05, 3.63) is 52.6 Å². The van der Waals surface area contributed by atoms with E-state index in [1.807, 2.05) is 6.07 Å². The fourth-order valence-electron chi connectivity index (χ4n) is 2.48. The van der Waals surface area contributed by atoms with Crippen molar-refractivity contribution >= 4 is 21.7 Å². The summed E-state index contributed by atoms with van der Waals surface area (Å²) >= 11 is 3.43. The maximum atomic E-state index is 13.1. The smallest absolute Gasteiger partial charge is 0.147 e. The van der Waals surface area contributed by atoms with Crippen LogP contribution in [0, 0.1) is 5.82 Å². The maximum absolute atomic E-state index is 13.1. The van der Waals surface area contributed by atoms with E-state index in [1.54, 1.807) is 18.6 Å². The van der Waals surface area contributed by atoms with E-state index in [9.17, 15) is 4.39 Å². The second-order valence-corrected chi connectivity index (χ2v) is 5.92. The third-order valence-electron chi connectivity index (χ3n) is 3.65. The zero-order valence-electron chi connectivity index (χ0n) is 11.5. The van der Waals surface area contributed by atoms with Crippen molar-refractivity contribution in [3.63, 3.8) is 0 Å². The number of nitrogens with zero attached hydrogens (tertiary/aromatic N) is 4. The van der Waals surface area contributed by atoms with Gasteiger partial charge in [-0.2, -0.15) is 0 Å². The zero-order chi connectivity index (χ0) is 14.7. The van der Waals surface area contributed by atoms with Gasteiger partial charge in [-0.1, -0.05) is 22.0 Å². The van der Waals surface area contributed by atoms with Gasteiger partial charge in [0.2, 0.25) is 0 Å². The second-order valence-electron chi connectivity index (χ2n) is 5.06. The molecule has 1 aliphatic heterocycles. The van der Waals surface area contributed by atoms with Crippen LogP contribution < -0.4 is 4.90 Å². The highest BCUT2D eigenvalue weighted by Gasteiger charge is 2.18. The van der Waals surface area contributed by atoms with E-state index in [0.717, 1.165) is 48.6 Å². The molecule has 1 saturated heterocycles. The van der Waals surface area contributed by atoms with Crippen molar-refractivity contribution in [2.45, 2.75) is 6.54 Å². The molecule has 4 nitrogen and oxygen atoms in total. The SMILES string of the molecule is Fc1ccc(CN2CCN(c3cnccn3)CC2)c(Br)c1. The normalized spacial score (nSPS) is 16.2. The summed E-state index contributed by atoms with van der Waals surface area (Å²) in [6, 6.07) is 4.87. The standard InChI is InChI=1S/C15H16BrFN4/c16-14-9-13(17)2-1-12(14)11-20-5-7-21(8-6-20)15-10-18-3-4-19-15/h1-4,9-10H,5-8,11H2. The molecule has 1 aromatic heterocycles. The summed E-state index contributed by atoms with van der Waals surface area (Å²) in [7, 11) is 0. The van der Waals surface area contributed by atoms with Crippen molar-refractivity contribution in [2.24, 2.45) is 0 Å². The lowest BCUT2D eigenvalue weighted by Crippen LogP contribution is -2.46. The van der Waals surface area contributed by atoms with E-state index >= 15 is 0 Å². The number of piperazine rings is 1. The summed E-state index contributed by atoms with van der Waals surface area (Å²) in [6.45, 7) is 4.60. The molecule has 0 atom stereocenters. The van der Waals surface area contributed by atoms with Gasteiger partial charge < -0.3 is 4.90 Å². The lowest BCUT2D eigenvalue weighted by molar-refractivity contribution is 0.249. The van der Waals surface area contributed by atoms with Gasteiger partial charge in [0.25, 0.3) is 0 Å². The van der Waals surface area contributed by atoms with Crippen molar-refractivity contribution in [1.82, 2.24) is 14.9 Å².